The van der Waals surface area contributed by atoms with E-state index >= 15 is 0 Å². The second-order valence-electron chi connectivity index (χ2n) is 5.12. The Balaban J connectivity index is 2.26. The van der Waals surface area contributed by atoms with Crippen molar-refractivity contribution in [1.82, 2.24) is 14.9 Å². The average molecular weight is 281 g/mol. The highest BCUT2D eigenvalue weighted by molar-refractivity contribution is 5.82. The second kappa shape index (κ2) is 4.70. The fraction of sp³-hybridized carbons (Fsp3) is 0.429. The summed E-state index contributed by atoms with van der Waals surface area (Å²) < 4.78 is 40.5. The van der Waals surface area contributed by atoms with E-state index in [2.05, 4.69) is 9.97 Å². The van der Waals surface area contributed by atoms with Crippen LogP contribution in [-0.2, 0) is 6.18 Å². The van der Waals surface area contributed by atoms with Crippen molar-refractivity contribution in [3.63, 3.8) is 0 Å². The lowest BCUT2D eigenvalue weighted by Gasteiger charge is -2.24. The monoisotopic (exact) mass is 281 g/mol. The highest BCUT2D eigenvalue weighted by Gasteiger charge is 2.39. The molecular formula is C14H14F3N3. The van der Waals surface area contributed by atoms with Gasteiger partial charge in [-0.15, -0.1) is 0 Å². The second-order valence-corrected chi connectivity index (χ2v) is 5.12. The molecule has 1 atom stereocenters. The van der Waals surface area contributed by atoms with Gasteiger partial charge in [0.1, 0.15) is 0 Å². The standard InChI is InChI=1S/C14H14F3N3/c1-20-6-2-3-12(20)10-7-19-11-8-18-5-4-9(11)13(10)14(15,16)17/h4-5,7-8,12H,2-3,6H2,1H3/t12-/m0/s1. The van der Waals surface area contributed by atoms with Gasteiger partial charge in [-0.05, 0) is 32.5 Å². The number of alkyl halides is 3. The number of hydrogen-bond donors (Lipinski definition) is 0. The fourth-order valence-corrected chi connectivity index (χ4v) is 2.93. The number of halogens is 3. The number of fused-ring (bicyclic) bond motifs is 1. The smallest absolute Gasteiger partial charge is 0.299 e. The third-order valence-electron chi connectivity index (χ3n) is 3.86. The van der Waals surface area contributed by atoms with Crippen molar-refractivity contribution in [3.8, 4) is 0 Å². The molecular weight excluding hydrogens is 267 g/mol. The van der Waals surface area contributed by atoms with Gasteiger partial charge in [0.25, 0.3) is 0 Å². The van der Waals surface area contributed by atoms with Gasteiger partial charge in [-0.1, -0.05) is 0 Å². The van der Waals surface area contributed by atoms with Crippen LogP contribution in [0.15, 0.2) is 24.7 Å². The van der Waals surface area contributed by atoms with Crippen LogP contribution in [0.2, 0.25) is 0 Å². The van der Waals surface area contributed by atoms with Gasteiger partial charge in [-0.2, -0.15) is 13.2 Å². The van der Waals surface area contributed by atoms with Gasteiger partial charge in [-0.3, -0.25) is 14.9 Å². The maximum atomic E-state index is 13.5. The number of hydrogen-bond acceptors (Lipinski definition) is 3. The lowest BCUT2D eigenvalue weighted by Crippen LogP contribution is -2.22. The van der Waals surface area contributed by atoms with Crippen molar-refractivity contribution in [2.75, 3.05) is 13.6 Å². The van der Waals surface area contributed by atoms with E-state index in [4.69, 9.17) is 0 Å². The molecule has 1 saturated heterocycles. The van der Waals surface area contributed by atoms with Gasteiger partial charge in [-0.25, -0.2) is 0 Å². The van der Waals surface area contributed by atoms with Gasteiger partial charge in [0.05, 0.1) is 17.3 Å². The highest BCUT2D eigenvalue weighted by atomic mass is 19.4. The van der Waals surface area contributed by atoms with E-state index < -0.39 is 11.7 Å². The molecule has 1 aliphatic heterocycles. The van der Waals surface area contributed by atoms with Gasteiger partial charge < -0.3 is 0 Å². The molecule has 3 rings (SSSR count). The van der Waals surface area contributed by atoms with Gasteiger partial charge >= 0.3 is 6.18 Å². The molecule has 1 aliphatic rings. The van der Waals surface area contributed by atoms with Crippen LogP contribution in [0.3, 0.4) is 0 Å². The summed E-state index contributed by atoms with van der Waals surface area (Å²) in [5.74, 6) is 0. The topological polar surface area (TPSA) is 29.0 Å². The molecule has 0 spiro atoms. The van der Waals surface area contributed by atoms with E-state index in [0.717, 1.165) is 19.4 Å². The molecule has 0 amide bonds. The largest absolute Gasteiger partial charge is 0.417 e. The van der Waals surface area contributed by atoms with E-state index in [1.165, 1.54) is 24.7 Å². The summed E-state index contributed by atoms with van der Waals surface area (Å²) in [6, 6.07) is 1.18. The third-order valence-corrected chi connectivity index (χ3v) is 3.86. The molecule has 6 heteroatoms. The van der Waals surface area contributed by atoms with Crippen molar-refractivity contribution in [1.29, 1.82) is 0 Å². The molecule has 20 heavy (non-hydrogen) atoms. The van der Waals surface area contributed by atoms with Crippen LogP contribution in [0.4, 0.5) is 13.2 Å². The van der Waals surface area contributed by atoms with Crippen molar-refractivity contribution in [2.24, 2.45) is 0 Å². The maximum absolute atomic E-state index is 13.5. The Labute approximate surface area is 114 Å². The SMILES string of the molecule is CN1CCC[C@H]1c1cnc2cnccc2c1C(F)(F)F. The minimum Gasteiger partial charge on any atom is -0.299 e. The molecule has 0 bridgehead atoms. The number of rotatable bonds is 1. The van der Waals surface area contributed by atoms with Gasteiger partial charge in [0.2, 0.25) is 0 Å². The fourth-order valence-electron chi connectivity index (χ4n) is 2.93. The Hall–Kier alpha value is -1.69. The van der Waals surface area contributed by atoms with Gasteiger partial charge in [0, 0.05) is 29.4 Å². The molecule has 2 aromatic rings. The minimum atomic E-state index is -4.39. The summed E-state index contributed by atoms with van der Waals surface area (Å²) >= 11 is 0. The lowest BCUT2D eigenvalue weighted by molar-refractivity contribution is -0.137. The third kappa shape index (κ3) is 2.14. The summed E-state index contributed by atoms with van der Waals surface area (Å²) in [6.45, 7) is 0.816. The first-order valence-corrected chi connectivity index (χ1v) is 6.48. The van der Waals surface area contributed by atoms with Crippen molar-refractivity contribution >= 4 is 10.9 Å². The van der Waals surface area contributed by atoms with E-state index in [-0.39, 0.29) is 22.5 Å². The number of likely N-dealkylation sites (tertiary alicyclic amines) is 1. The summed E-state index contributed by atoms with van der Waals surface area (Å²) in [7, 11) is 1.86. The zero-order chi connectivity index (χ0) is 14.3. The first-order valence-electron chi connectivity index (χ1n) is 6.48. The zero-order valence-corrected chi connectivity index (χ0v) is 11.0. The highest BCUT2D eigenvalue weighted by Crippen LogP contribution is 2.42. The van der Waals surface area contributed by atoms with Crippen LogP contribution >= 0.6 is 0 Å². The minimum absolute atomic E-state index is 0.130. The van der Waals surface area contributed by atoms with Crippen molar-refractivity contribution in [3.05, 3.63) is 35.8 Å². The first-order chi connectivity index (χ1) is 9.48. The summed E-state index contributed by atoms with van der Waals surface area (Å²) in [4.78, 5) is 9.94. The maximum Gasteiger partial charge on any atom is 0.417 e. The van der Waals surface area contributed by atoms with E-state index in [9.17, 15) is 13.2 Å². The normalized spacial score (nSPS) is 20.7. The van der Waals surface area contributed by atoms with E-state index in [1.807, 2.05) is 11.9 Å². The number of nitrogens with zero attached hydrogens (tertiary/aromatic N) is 3. The van der Waals surface area contributed by atoms with E-state index in [1.54, 1.807) is 0 Å². The first kappa shape index (κ1) is 13.3. The van der Waals surface area contributed by atoms with Gasteiger partial charge in [0.15, 0.2) is 0 Å². The summed E-state index contributed by atoms with van der Waals surface area (Å²) in [6.07, 6.45) is 1.36. The molecule has 0 aromatic carbocycles. The molecule has 106 valence electrons. The quantitative estimate of drug-likeness (QED) is 0.802. The number of aromatic nitrogens is 2. The lowest BCUT2D eigenvalue weighted by atomic mass is 9.97. The predicted molar refractivity (Wildman–Crippen MR) is 69.1 cm³/mol. The molecule has 0 saturated carbocycles. The van der Waals surface area contributed by atoms with Crippen LogP contribution in [0.25, 0.3) is 10.9 Å². The molecule has 2 aromatic heterocycles. The molecule has 0 aliphatic carbocycles. The molecule has 0 radical (unpaired) electrons. The van der Waals surface area contributed by atoms with Crippen molar-refractivity contribution in [2.45, 2.75) is 25.1 Å². The Kier molecular flexibility index (Phi) is 3.12. The summed E-state index contributed by atoms with van der Waals surface area (Å²) in [5, 5.41) is 0.130. The molecule has 0 unspecified atom stereocenters. The predicted octanol–water partition coefficient (Wildman–Crippen LogP) is 3.42. The Morgan fingerprint density at radius 3 is 2.75 bits per heavy atom. The molecule has 0 N–H and O–H groups in total. The van der Waals surface area contributed by atoms with Crippen molar-refractivity contribution < 1.29 is 13.2 Å². The van der Waals surface area contributed by atoms with Crippen LogP contribution in [0, 0.1) is 0 Å². The Morgan fingerprint density at radius 2 is 2.10 bits per heavy atom. The molecule has 1 fully saturated rings. The van der Waals surface area contributed by atoms with Crippen LogP contribution in [-0.4, -0.2) is 28.5 Å². The van der Waals surface area contributed by atoms with Crippen LogP contribution < -0.4 is 0 Å². The number of pyridine rings is 2. The average Bonchev–Trinajstić information content (AvgIpc) is 2.82. The van der Waals surface area contributed by atoms with Crippen LogP contribution in [0.1, 0.15) is 30.0 Å². The Morgan fingerprint density at radius 1 is 1.30 bits per heavy atom. The zero-order valence-electron chi connectivity index (χ0n) is 11.0. The Bertz CT molecular complexity index is 639. The molecule has 3 nitrogen and oxygen atoms in total. The van der Waals surface area contributed by atoms with Crippen LogP contribution in [0.5, 0.6) is 0 Å². The summed E-state index contributed by atoms with van der Waals surface area (Å²) in [5.41, 5.74) is -0.0101. The van der Waals surface area contributed by atoms with E-state index in [0.29, 0.717) is 0 Å². The molecule has 3 heterocycles.